The van der Waals surface area contributed by atoms with Crippen LogP contribution in [0.1, 0.15) is 46.6 Å². The summed E-state index contributed by atoms with van der Waals surface area (Å²) in [7, 11) is -2.78. The first-order chi connectivity index (χ1) is 19.2. The SMILES string of the molecule is C[C@@H]1[C@@H](OCc2ccccc2)[C@@H](CO[Si](c2ccccc2)(c2ccccc2)C(C)(C)C)O[C@@]2(C[C@@H](O)CO2)[C@H]1C. The molecule has 1 spiro atoms. The summed E-state index contributed by atoms with van der Waals surface area (Å²) in [6, 6.07) is 31.6. The molecule has 1 N–H and O–H groups in total. The number of aliphatic hydroxyl groups is 1. The summed E-state index contributed by atoms with van der Waals surface area (Å²) in [5, 5.41) is 12.8. The van der Waals surface area contributed by atoms with Crippen LogP contribution in [0.2, 0.25) is 5.04 Å². The van der Waals surface area contributed by atoms with E-state index in [4.69, 9.17) is 18.6 Å². The Hall–Kier alpha value is -2.32. The standard InChI is InChI=1S/C34H44O5Si/c1-25-26(2)34(21-28(35)23-37-34)39-31(32(25)36-22-27-15-9-6-10-16-27)24-38-40(33(3,4)5,29-17-11-7-12-18-29)30-19-13-8-14-20-30/h6-20,25-26,28,31-32,35H,21-24H2,1-5H3/t25-,26-,28+,31+,32+,34-/m0/s1. The second-order valence-corrected chi connectivity index (χ2v) is 16.8. The number of rotatable bonds is 8. The molecule has 2 aliphatic rings. The lowest BCUT2D eigenvalue weighted by atomic mass is 9.78. The van der Waals surface area contributed by atoms with E-state index in [1.54, 1.807) is 0 Å². The van der Waals surface area contributed by atoms with Gasteiger partial charge in [-0.1, -0.05) is 126 Å². The third kappa shape index (κ3) is 5.58. The van der Waals surface area contributed by atoms with E-state index in [1.807, 2.05) is 18.2 Å². The molecule has 2 heterocycles. The minimum Gasteiger partial charge on any atom is -0.405 e. The monoisotopic (exact) mass is 560 g/mol. The molecule has 0 aromatic heterocycles. The highest BCUT2D eigenvalue weighted by Crippen LogP contribution is 2.46. The fraction of sp³-hybridized carbons (Fsp3) is 0.471. The van der Waals surface area contributed by atoms with Crippen LogP contribution in [-0.4, -0.2) is 50.7 Å². The van der Waals surface area contributed by atoms with Gasteiger partial charge >= 0.3 is 0 Å². The first kappa shape index (κ1) is 29.2. The van der Waals surface area contributed by atoms with E-state index in [1.165, 1.54) is 10.4 Å². The van der Waals surface area contributed by atoms with Crippen molar-refractivity contribution in [1.82, 2.24) is 0 Å². The van der Waals surface area contributed by atoms with Crippen molar-refractivity contribution >= 4 is 18.7 Å². The molecule has 2 saturated heterocycles. The highest BCUT2D eigenvalue weighted by Gasteiger charge is 2.57. The van der Waals surface area contributed by atoms with Crippen LogP contribution in [0.25, 0.3) is 0 Å². The number of hydrogen-bond donors (Lipinski definition) is 1. The fourth-order valence-corrected chi connectivity index (χ4v) is 11.2. The van der Waals surface area contributed by atoms with Crippen molar-refractivity contribution in [3.05, 3.63) is 96.6 Å². The van der Waals surface area contributed by atoms with Crippen LogP contribution in [-0.2, 0) is 25.2 Å². The quantitative estimate of drug-likeness (QED) is 0.379. The fourth-order valence-electron chi connectivity index (χ4n) is 6.66. The number of ether oxygens (including phenoxy) is 3. The molecule has 0 bridgehead atoms. The van der Waals surface area contributed by atoms with Crippen LogP contribution in [0.3, 0.4) is 0 Å². The van der Waals surface area contributed by atoms with Gasteiger partial charge in [0.25, 0.3) is 8.32 Å². The molecule has 0 amide bonds. The maximum Gasteiger partial charge on any atom is 0.261 e. The Kier molecular flexibility index (Phi) is 8.67. The van der Waals surface area contributed by atoms with E-state index in [-0.39, 0.29) is 35.7 Å². The Labute approximate surface area is 240 Å². The van der Waals surface area contributed by atoms with E-state index in [0.717, 1.165) is 5.56 Å². The van der Waals surface area contributed by atoms with Gasteiger partial charge in [0.2, 0.25) is 0 Å². The molecule has 5 nitrogen and oxygen atoms in total. The normalized spacial score (nSPS) is 29.1. The Morgan fingerprint density at radius 2 is 1.43 bits per heavy atom. The Morgan fingerprint density at radius 3 is 1.93 bits per heavy atom. The van der Waals surface area contributed by atoms with Crippen LogP contribution >= 0.6 is 0 Å². The van der Waals surface area contributed by atoms with Crippen molar-refractivity contribution in [2.24, 2.45) is 11.8 Å². The van der Waals surface area contributed by atoms with E-state index < -0.39 is 20.2 Å². The Bertz CT molecular complexity index is 1180. The topological polar surface area (TPSA) is 57.2 Å². The van der Waals surface area contributed by atoms with E-state index in [9.17, 15) is 5.11 Å². The second kappa shape index (κ2) is 11.9. The number of benzene rings is 3. The predicted octanol–water partition coefficient (Wildman–Crippen LogP) is 5.30. The van der Waals surface area contributed by atoms with Gasteiger partial charge in [-0.25, -0.2) is 0 Å². The minimum atomic E-state index is -2.78. The summed E-state index contributed by atoms with van der Waals surface area (Å²) < 4.78 is 27.0. The lowest BCUT2D eigenvalue weighted by molar-refractivity contribution is -0.328. The zero-order valence-electron chi connectivity index (χ0n) is 24.5. The van der Waals surface area contributed by atoms with Crippen molar-refractivity contribution < 1.29 is 23.7 Å². The molecular formula is C34H44O5Si. The Morgan fingerprint density at radius 1 is 0.875 bits per heavy atom. The minimum absolute atomic E-state index is 0.0505. The highest BCUT2D eigenvalue weighted by molar-refractivity contribution is 6.99. The maximum atomic E-state index is 10.5. The van der Waals surface area contributed by atoms with Crippen molar-refractivity contribution in [2.75, 3.05) is 13.2 Å². The van der Waals surface area contributed by atoms with Gasteiger partial charge in [0, 0.05) is 12.3 Å². The summed E-state index contributed by atoms with van der Waals surface area (Å²) in [4.78, 5) is 0. The molecule has 6 heteroatoms. The van der Waals surface area contributed by atoms with Crippen LogP contribution in [0.4, 0.5) is 0 Å². The van der Waals surface area contributed by atoms with Gasteiger partial charge in [0.15, 0.2) is 5.79 Å². The van der Waals surface area contributed by atoms with Crippen LogP contribution < -0.4 is 10.4 Å². The molecule has 2 fully saturated rings. The van der Waals surface area contributed by atoms with Crippen molar-refractivity contribution in [3.63, 3.8) is 0 Å². The zero-order chi connectivity index (χ0) is 28.4. The first-order valence-electron chi connectivity index (χ1n) is 14.6. The summed E-state index contributed by atoms with van der Waals surface area (Å²) in [5.74, 6) is -0.657. The third-order valence-electron chi connectivity index (χ3n) is 8.92. The van der Waals surface area contributed by atoms with Gasteiger partial charge in [-0.2, -0.15) is 0 Å². The average molecular weight is 561 g/mol. The smallest absolute Gasteiger partial charge is 0.261 e. The maximum absolute atomic E-state index is 10.5. The molecular weight excluding hydrogens is 516 g/mol. The van der Waals surface area contributed by atoms with Crippen LogP contribution in [0, 0.1) is 11.8 Å². The first-order valence-corrected chi connectivity index (χ1v) is 16.5. The predicted molar refractivity (Wildman–Crippen MR) is 161 cm³/mol. The number of aliphatic hydroxyl groups excluding tert-OH is 1. The van der Waals surface area contributed by atoms with Gasteiger partial charge in [0.1, 0.15) is 6.10 Å². The van der Waals surface area contributed by atoms with Crippen LogP contribution in [0.5, 0.6) is 0 Å². The third-order valence-corrected chi connectivity index (χ3v) is 13.9. The summed E-state index contributed by atoms with van der Waals surface area (Å²) in [6.45, 7) is 12.4. The molecule has 5 rings (SSSR count). The number of hydrogen-bond acceptors (Lipinski definition) is 5. The molecule has 214 valence electrons. The van der Waals surface area contributed by atoms with Gasteiger partial charge in [0.05, 0.1) is 32.0 Å². The summed E-state index contributed by atoms with van der Waals surface area (Å²) in [6.07, 6.45) is -0.628. The average Bonchev–Trinajstić information content (AvgIpc) is 3.33. The lowest BCUT2D eigenvalue weighted by Crippen LogP contribution is -2.68. The Balaban J connectivity index is 1.51. The molecule has 0 saturated carbocycles. The molecule has 0 unspecified atom stereocenters. The lowest BCUT2D eigenvalue weighted by Gasteiger charge is -2.51. The molecule has 0 aliphatic carbocycles. The van der Waals surface area contributed by atoms with E-state index in [0.29, 0.717) is 19.6 Å². The second-order valence-electron chi connectivity index (χ2n) is 12.5. The van der Waals surface area contributed by atoms with Gasteiger partial charge in [-0.15, -0.1) is 0 Å². The van der Waals surface area contributed by atoms with Gasteiger partial charge in [-0.05, 0) is 26.9 Å². The molecule has 3 aromatic carbocycles. The van der Waals surface area contributed by atoms with Crippen molar-refractivity contribution in [3.8, 4) is 0 Å². The largest absolute Gasteiger partial charge is 0.405 e. The molecule has 0 radical (unpaired) electrons. The van der Waals surface area contributed by atoms with Crippen molar-refractivity contribution in [1.29, 1.82) is 0 Å². The molecule has 3 aromatic rings. The van der Waals surface area contributed by atoms with Crippen LogP contribution in [0.15, 0.2) is 91.0 Å². The highest BCUT2D eigenvalue weighted by atomic mass is 28.4. The summed E-state index contributed by atoms with van der Waals surface area (Å²) >= 11 is 0. The van der Waals surface area contributed by atoms with E-state index >= 15 is 0 Å². The van der Waals surface area contributed by atoms with Gasteiger partial charge in [-0.3, -0.25) is 0 Å². The summed E-state index contributed by atoms with van der Waals surface area (Å²) in [5.41, 5.74) is 1.13. The molecule has 6 atom stereocenters. The molecule has 40 heavy (non-hydrogen) atoms. The van der Waals surface area contributed by atoms with Gasteiger partial charge < -0.3 is 23.7 Å². The van der Waals surface area contributed by atoms with Crippen molar-refractivity contribution in [2.45, 2.75) is 76.8 Å². The molecule has 2 aliphatic heterocycles. The zero-order valence-corrected chi connectivity index (χ0v) is 25.5. The van der Waals surface area contributed by atoms with E-state index in [2.05, 4.69) is 107 Å².